The van der Waals surface area contributed by atoms with Gasteiger partial charge >= 0.3 is 17.9 Å². The number of hydrogen-bond donors (Lipinski definition) is 1. The standard InChI is InChI=1S/C58H99NO7/c1-6-8-10-12-14-16-18-20-22-24-26-28-29-31-33-35-37-39-41-43-45-47-49-57(61)66-54(52-64-51-50-55(58(62)63)59(3,4)5)53-65-56(60)48-46-44-42-40-38-36-34-32-30-27-25-23-21-19-17-15-13-11-9-7-2/h9,11,14-17,20-23,26-28,30,54-55H,6-8,10,12-13,18-19,24-25,29,31-53H2,1-5H3/p+1/b11-9+,16-14+,17-15+,22-20+,23-21+,28-26+,30-27+. The Morgan fingerprint density at radius 3 is 1.26 bits per heavy atom. The molecule has 0 fully saturated rings. The van der Waals surface area contributed by atoms with Crippen LogP contribution in [0.2, 0.25) is 0 Å². The Labute approximate surface area is 405 Å². The molecule has 0 saturated carbocycles. The van der Waals surface area contributed by atoms with E-state index < -0.39 is 18.1 Å². The first-order valence-electron chi connectivity index (χ1n) is 26.6. The van der Waals surface area contributed by atoms with Gasteiger partial charge in [0.1, 0.15) is 6.61 Å². The molecule has 0 heterocycles. The van der Waals surface area contributed by atoms with Gasteiger partial charge in [0.15, 0.2) is 12.1 Å². The number of unbranched alkanes of at least 4 members (excludes halogenated alkanes) is 19. The third kappa shape index (κ3) is 45.7. The molecule has 0 aliphatic heterocycles. The zero-order chi connectivity index (χ0) is 48.4. The first-order chi connectivity index (χ1) is 32.1. The summed E-state index contributed by atoms with van der Waals surface area (Å²) >= 11 is 0. The minimum Gasteiger partial charge on any atom is -0.477 e. The van der Waals surface area contributed by atoms with E-state index in [-0.39, 0.29) is 36.2 Å². The van der Waals surface area contributed by atoms with E-state index in [0.717, 1.165) is 89.9 Å². The molecular formula is C58H100NO7+. The average molecular weight is 923 g/mol. The van der Waals surface area contributed by atoms with Gasteiger partial charge in [0, 0.05) is 19.3 Å². The van der Waals surface area contributed by atoms with E-state index in [2.05, 4.69) is 98.9 Å². The molecule has 1 N–H and O–H groups in total. The highest BCUT2D eigenvalue weighted by Gasteiger charge is 2.31. The molecule has 0 radical (unpaired) electrons. The Hall–Kier alpha value is -3.49. The zero-order valence-corrected chi connectivity index (χ0v) is 43.1. The number of rotatable bonds is 47. The Morgan fingerprint density at radius 1 is 0.470 bits per heavy atom. The van der Waals surface area contributed by atoms with Crippen LogP contribution < -0.4 is 0 Å². The van der Waals surface area contributed by atoms with Crippen LogP contribution in [-0.2, 0) is 28.6 Å². The van der Waals surface area contributed by atoms with Crippen LogP contribution in [0.25, 0.3) is 0 Å². The van der Waals surface area contributed by atoms with Crippen LogP contribution in [0.5, 0.6) is 0 Å². The predicted molar refractivity (Wildman–Crippen MR) is 280 cm³/mol. The van der Waals surface area contributed by atoms with Gasteiger partial charge in [0.2, 0.25) is 0 Å². The molecule has 0 aromatic heterocycles. The number of aliphatic carboxylic acids is 1. The summed E-state index contributed by atoms with van der Waals surface area (Å²) in [5, 5.41) is 9.67. The number of carbonyl (C=O) groups is 3. The first kappa shape index (κ1) is 62.5. The molecule has 378 valence electrons. The number of esters is 2. The normalized spacial score (nSPS) is 13.5. The van der Waals surface area contributed by atoms with Crippen LogP contribution in [0.1, 0.15) is 213 Å². The molecular weight excluding hydrogens is 823 g/mol. The van der Waals surface area contributed by atoms with Gasteiger partial charge in [0.25, 0.3) is 0 Å². The van der Waals surface area contributed by atoms with Crippen molar-refractivity contribution in [2.45, 2.75) is 225 Å². The lowest BCUT2D eigenvalue weighted by Crippen LogP contribution is -2.50. The van der Waals surface area contributed by atoms with Gasteiger partial charge < -0.3 is 23.8 Å². The Bertz CT molecular complexity index is 1350. The quantitative estimate of drug-likeness (QED) is 0.0281. The van der Waals surface area contributed by atoms with Crippen LogP contribution in [0.3, 0.4) is 0 Å². The molecule has 0 aromatic rings. The van der Waals surface area contributed by atoms with E-state index in [9.17, 15) is 19.5 Å². The maximum absolute atomic E-state index is 12.8. The van der Waals surface area contributed by atoms with E-state index in [1.165, 1.54) is 89.9 Å². The number of carboxylic acid groups (broad SMARTS) is 1. The predicted octanol–water partition coefficient (Wildman–Crippen LogP) is 15.6. The first-order valence-corrected chi connectivity index (χ1v) is 26.6. The van der Waals surface area contributed by atoms with Gasteiger partial charge in [-0.1, -0.05) is 189 Å². The minimum absolute atomic E-state index is 0.0514. The van der Waals surface area contributed by atoms with Crippen LogP contribution in [0, 0.1) is 0 Å². The largest absolute Gasteiger partial charge is 0.477 e. The lowest BCUT2D eigenvalue weighted by atomic mass is 10.1. The third-order valence-electron chi connectivity index (χ3n) is 11.5. The highest BCUT2D eigenvalue weighted by Crippen LogP contribution is 2.15. The summed E-state index contributed by atoms with van der Waals surface area (Å²) < 4.78 is 17.4. The van der Waals surface area contributed by atoms with Gasteiger partial charge in [-0.25, -0.2) is 4.79 Å². The smallest absolute Gasteiger partial charge is 0.362 e. The molecule has 0 aliphatic rings. The monoisotopic (exact) mass is 923 g/mol. The molecule has 8 nitrogen and oxygen atoms in total. The number of carboxylic acids is 1. The van der Waals surface area contributed by atoms with E-state index in [1.54, 1.807) is 0 Å². The van der Waals surface area contributed by atoms with Gasteiger partial charge in [-0.3, -0.25) is 9.59 Å². The highest BCUT2D eigenvalue weighted by atomic mass is 16.6. The molecule has 0 rings (SSSR count). The molecule has 2 unspecified atom stereocenters. The van der Waals surface area contributed by atoms with Gasteiger partial charge in [-0.2, -0.15) is 0 Å². The fourth-order valence-electron chi connectivity index (χ4n) is 7.44. The molecule has 0 saturated heterocycles. The summed E-state index contributed by atoms with van der Waals surface area (Å²) in [6.07, 6.45) is 63.4. The minimum atomic E-state index is -0.879. The number of quaternary nitrogens is 1. The molecule has 8 heteroatoms. The third-order valence-corrected chi connectivity index (χ3v) is 11.5. The molecule has 66 heavy (non-hydrogen) atoms. The van der Waals surface area contributed by atoms with Gasteiger partial charge in [-0.05, 0) is 89.9 Å². The topological polar surface area (TPSA) is 99.1 Å². The van der Waals surface area contributed by atoms with E-state index in [1.807, 2.05) is 21.1 Å². The van der Waals surface area contributed by atoms with Crippen molar-refractivity contribution in [2.75, 3.05) is 41.0 Å². The fraction of sp³-hybridized carbons (Fsp3) is 0.707. The number of likely N-dealkylation sites (N-methyl/N-ethyl adjacent to an activating group) is 1. The zero-order valence-electron chi connectivity index (χ0n) is 43.1. The SMILES string of the molecule is CC/C=C/C/C=C/C/C=C/C/C=C/CCCCCCCCCC(=O)OCC(COCCC(C(=O)O)[N+](C)(C)C)OC(=O)CCCCCCCCCCC/C=C/C/C=C/C/C=C/CCCCC. The average Bonchev–Trinajstić information content (AvgIpc) is 3.28. The number of ether oxygens (including phenoxy) is 3. The maximum atomic E-state index is 12.8. The summed E-state index contributed by atoms with van der Waals surface area (Å²) in [5.74, 6) is -1.49. The summed E-state index contributed by atoms with van der Waals surface area (Å²) in [6, 6.07) is -0.622. The van der Waals surface area contributed by atoms with E-state index in [0.29, 0.717) is 19.3 Å². The van der Waals surface area contributed by atoms with Crippen molar-refractivity contribution in [3.63, 3.8) is 0 Å². The Balaban J connectivity index is 4.27. The van der Waals surface area contributed by atoms with Crippen molar-refractivity contribution >= 4 is 17.9 Å². The summed E-state index contributed by atoms with van der Waals surface area (Å²) in [7, 11) is 5.53. The molecule has 2 atom stereocenters. The van der Waals surface area contributed by atoms with E-state index >= 15 is 0 Å². The Morgan fingerprint density at radius 2 is 0.848 bits per heavy atom. The van der Waals surface area contributed by atoms with Crippen molar-refractivity contribution in [3.8, 4) is 0 Å². The molecule has 0 bridgehead atoms. The molecule has 0 aliphatic carbocycles. The number of carbonyl (C=O) groups excluding carboxylic acids is 2. The summed E-state index contributed by atoms with van der Waals surface area (Å²) in [5.41, 5.74) is 0. The summed E-state index contributed by atoms with van der Waals surface area (Å²) in [6.45, 7) is 4.59. The van der Waals surface area contributed by atoms with Gasteiger partial charge in [0.05, 0.1) is 34.4 Å². The number of hydrogen-bond acceptors (Lipinski definition) is 6. The number of allylic oxidation sites excluding steroid dienone is 14. The van der Waals surface area contributed by atoms with Crippen LogP contribution >= 0.6 is 0 Å². The molecule has 0 aromatic carbocycles. The van der Waals surface area contributed by atoms with Crippen molar-refractivity contribution in [2.24, 2.45) is 0 Å². The fourth-order valence-corrected chi connectivity index (χ4v) is 7.44. The molecule has 0 spiro atoms. The van der Waals surface area contributed by atoms with Crippen molar-refractivity contribution in [1.29, 1.82) is 0 Å². The van der Waals surface area contributed by atoms with Crippen molar-refractivity contribution in [1.82, 2.24) is 0 Å². The maximum Gasteiger partial charge on any atom is 0.362 e. The second kappa shape index (κ2) is 48.0. The van der Waals surface area contributed by atoms with Gasteiger partial charge in [-0.15, -0.1) is 0 Å². The second-order valence-electron chi connectivity index (χ2n) is 18.7. The van der Waals surface area contributed by atoms with E-state index in [4.69, 9.17) is 14.2 Å². The molecule has 0 amide bonds. The summed E-state index contributed by atoms with van der Waals surface area (Å²) in [4.78, 5) is 37.2. The lowest BCUT2D eigenvalue weighted by molar-refractivity contribution is -0.887. The van der Waals surface area contributed by atoms with Crippen LogP contribution in [-0.4, -0.2) is 80.6 Å². The van der Waals surface area contributed by atoms with Crippen LogP contribution in [0.4, 0.5) is 0 Å². The highest BCUT2D eigenvalue weighted by molar-refractivity contribution is 5.72. The van der Waals surface area contributed by atoms with Crippen LogP contribution in [0.15, 0.2) is 85.1 Å². The number of nitrogens with zero attached hydrogens (tertiary/aromatic N) is 1. The Kier molecular flexibility index (Phi) is 45.4. The second-order valence-corrected chi connectivity index (χ2v) is 18.7. The lowest BCUT2D eigenvalue weighted by Gasteiger charge is -2.31. The van der Waals surface area contributed by atoms with Crippen molar-refractivity contribution < 1.29 is 38.2 Å². The van der Waals surface area contributed by atoms with Crippen molar-refractivity contribution in [3.05, 3.63) is 85.1 Å².